The standard InChI is InChI=1S/C64H50N2/c1-41-42(2)54-38-60-58-36-50(48-24-16-22-46(34-48)44-19-9-4-10-20-44)30-32-62(58)66(52-27-13-6-14-28-52)64(60)40-56(54)55-39-63-59(37-53(41)55)57-35-49(29-31-61(57)65(63)51-25-11-5-12-26-51)47-23-15-21-45(33-47)43-17-7-3-8-18-43/h3-19,21-29,31,33-42,44H,20,30,32H2,1-2H3. The normalized spacial score (nSPS) is 17.5. The van der Waals surface area contributed by atoms with E-state index in [0.29, 0.717) is 17.8 Å². The minimum atomic E-state index is 0.333. The first-order valence-electron chi connectivity index (χ1n) is 23.8. The highest BCUT2D eigenvalue weighted by molar-refractivity contribution is 6.12. The van der Waals surface area contributed by atoms with Crippen LogP contribution in [0.3, 0.4) is 0 Å². The van der Waals surface area contributed by atoms with Crippen molar-refractivity contribution >= 4 is 44.4 Å². The fourth-order valence-corrected chi connectivity index (χ4v) is 11.6. The smallest absolute Gasteiger partial charge is 0.0547 e. The van der Waals surface area contributed by atoms with Gasteiger partial charge in [0.05, 0.1) is 16.6 Å². The van der Waals surface area contributed by atoms with Crippen LogP contribution in [0.2, 0.25) is 0 Å². The van der Waals surface area contributed by atoms with Gasteiger partial charge in [0, 0.05) is 44.7 Å². The van der Waals surface area contributed by atoms with Gasteiger partial charge in [0.25, 0.3) is 0 Å². The van der Waals surface area contributed by atoms with Crippen LogP contribution in [0.15, 0.2) is 206 Å². The maximum absolute atomic E-state index is 2.58. The largest absolute Gasteiger partial charge is 0.313 e. The molecule has 0 spiro atoms. The quantitative estimate of drug-likeness (QED) is 0.158. The molecule has 2 aromatic heterocycles. The van der Waals surface area contributed by atoms with Gasteiger partial charge in [0.1, 0.15) is 0 Å². The van der Waals surface area contributed by atoms with E-state index in [0.717, 1.165) is 19.3 Å². The second-order valence-electron chi connectivity index (χ2n) is 18.8. The zero-order valence-electron chi connectivity index (χ0n) is 37.5. The fraction of sp³-hybridized carbons (Fsp3) is 0.125. The van der Waals surface area contributed by atoms with Gasteiger partial charge in [-0.05, 0) is 165 Å². The molecule has 8 aromatic carbocycles. The third-order valence-electron chi connectivity index (χ3n) is 15.2. The number of fused-ring (bicyclic) bond motifs is 9. The Hall–Kier alpha value is -7.68. The summed E-state index contributed by atoms with van der Waals surface area (Å²) < 4.78 is 5.06. The lowest BCUT2D eigenvalue weighted by atomic mass is 9.72. The third-order valence-corrected chi connectivity index (χ3v) is 15.2. The zero-order chi connectivity index (χ0) is 43.9. The summed E-state index contributed by atoms with van der Waals surface area (Å²) in [4.78, 5) is 0. The van der Waals surface area contributed by atoms with Crippen molar-refractivity contribution in [1.82, 2.24) is 9.13 Å². The van der Waals surface area contributed by atoms with E-state index in [1.807, 2.05) is 0 Å². The highest BCUT2D eigenvalue weighted by atomic mass is 15.0. The summed E-state index contributed by atoms with van der Waals surface area (Å²) in [7, 11) is 0. The van der Waals surface area contributed by atoms with Crippen LogP contribution in [0.4, 0.5) is 0 Å². The molecule has 0 radical (unpaired) electrons. The lowest BCUT2D eigenvalue weighted by molar-refractivity contribution is 0.617. The minimum absolute atomic E-state index is 0.333. The first kappa shape index (κ1) is 38.8. The summed E-state index contributed by atoms with van der Waals surface area (Å²) in [6.07, 6.45) is 14.6. The summed E-state index contributed by atoms with van der Waals surface area (Å²) in [5, 5.41) is 3.94. The molecule has 3 aliphatic carbocycles. The Morgan fingerprint density at radius 1 is 0.439 bits per heavy atom. The molecular weight excluding hydrogens is 797 g/mol. The van der Waals surface area contributed by atoms with Crippen molar-refractivity contribution in [1.29, 1.82) is 0 Å². The highest BCUT2D eigenvalue weighted by Gasteiger charge is 2.32. The van der Waals surface area contributed by atoms with Gasteiger partial charge in [-0.25, -0.2) is 0 Å². The summed E-state index contributed by atoms with van der Waals surface area (Å²) in [6.45, 7) is 4.90. The molecule has 0 saturated carbocycles. The average molecular weight is 847 g/mol. The molecule has 2 nitrogen and oxygen atoms in total. The Morgan fingerprint density at radius 3 is 1.74 bits per heavy atom. The van der Waals surface area contributed by atoms with Gasteiger partial charge in [0.2, 0.25) is 0 Å². The number of allylic oxidation sites excluding steroid dienone is 5. The molecule has 0 aliphatic heterocycles. The molecule has 316 valence electrons. The van der Waals surface area contributed by atoms with Gasteiger partial charge in [0.15, 0.2) is 0 Å². The molecule has 0 amide bonds. The first-order chi connectivity index (χ1) is 32.6. The van der Waals surface area contributed by atoms with E-state index in [1.165, 1.54) is 117 Å². The average Bonchev–Trinajstić information content (AvgIpc) is 3.89. The Kier molecular flexibility index (Phi) is 9.10. The van der Waals surface area contributed by atoms with Crippen molar-refractivity contribution in [3.63, 3.8) is 0 Å². The van der Waals surface area contributed by atoms with Crippen LogP contribution >= 0.6 is 0 Å². The van der Waals surface area contributed by atoms with E-state index in [1.54, 1.807) is 0 Å². The number of hydrogen-bond acceptors (Lipinski definition) is 0. The fourth-order valence-electron chi connectivity index (χ4n) is 11.6. The molecule has 13 rings (SSSR count). The van der Waals surface area contributed by atoms with Crippen LogP contribution in [0.1, 0.15) is 78.0 Å². The SMILES string of the molecule is CC1c2cc3c4c(n(-c5ccccc5)c3cc2-c2cc3c(cc2C1C)c1cc(-c2cccc(-c5ccccc5)c2)ccc1n3-c1ccccc1)CCC(c1cccc(C2C=CC=CC2)c1)=C4. The number of hydrogen-bond donors (Lipinski definition) is 0. The van der Waals surface area contributed by atoms with E-state index in [9.17, 15) is 0 Å². The highest BCUT2D eigenvalue weighted by Crippen LogP contribution is 2.52. The number of nitrogens with zero attached hydrogens (tertiary/aromatic N) is 2. The summed E-state index contributed by atoms with van der Waals surface area (Å²) >= 11 is 0. The topological polar surface area (TPSA) is 9.86 Å². The van der Waals surface area contributed by atoms with Crippen LogP contribution in [-0.2, 0) is 6.42 Å². The van der Waals surface area contributed by atoms with Crippen LogP contribution in [-0.4, -0.2) is 9.13 Å². The van der Waals surface area contributed by atoms with E-state index in [4.69, 9.17) is 0 Å². The molecule has 2 heteroatoms. The van der Waals surface area contributed by atoms with Crippen LogP contribution < -0.4 is 0 Å². The maximum atomic E-state index is 2.58. The molecule has 0 bridgehead atoms. The van der Waals surface area contributed by atoms with Gasteiger partial charge in [-0.1, -0.05) is 153 Å². The second kappa shape index (κ2) is 15.5. The number of rotatable bonds is 6. The lowest BCUT2D eigenvalue weighted by Crippen LogP contribution is -2.13. The molecule has 10 aromatic rings. The van der Waals surface area contributed by atoms with Crippen LogP contribution in [0.5, 0.6) is 0 Å². The molecule has 3 aliphatic rings. The van der Waals surface area contributed by atoms with Gasteiger partial charge in [-0.15, -0.1) is 0 Å². The van der Waals surface area contributed by atoms with E-state index >= 15 is 0 Å². The number of aromatic nitrogens is 2. The van der Waals surface area contributed by atoms with Crippen molar-refractivity contribution in [3.05, 3.63) is 240 Å². The minimum Gasteiger partial charge on any atom is -0.313 e. The van der Waals surface area contributed by atoms with E-state index < -0.39 is 0 Å². The second-order valence-corrected chi connectivity index (χ2v) is 18.8. The number of benzene rings is 8. The Labute approximate surface area is 387 Å². The molecular formula is C64H50N2. The third kappa shape index (κ3) is 6.23. The van der Waals surface area contributed by atoms with E-state index in [2.05, 4.69) is 235 Å². The Balaban J connectivity index is 1.01. The van der Waals surface area contributed by atoms with Crippen LogP contribution in [0.25, 0.3) is 89.1 Å². The molecule has 3 unspecified atom stereocenters. The van der Waals surface area contributed by atoms with Crippen molar-refractivity contribution in [2.75, 3.05) is 0 Å². The Bertz CT molecular complexity index is 3630. The molecule has 0 fully saturated rings. The van der Waals surface area contributed by atoms with Crippen LogP contribution in [0, 0.1) is 0 Å². The van der Waals surface area contributed by atoms with Crippen molar-refractivity contribution in [2.24, 2.45) is 0 Å². The Morgan fingerprint density at radius 2 is 1.03 bits per heavy atom. The summed E-state index contributed by atoms with van der Waals surface area (Å²) in [5.41, 5.74) is 23.6. The van der Waals surface area contributed by atoms with Gasteiger partial charge < -0.3 is 9.13 Å². The predicted molar refractivity (Wildman–Crippen MR) is 279 cm³/mol. The maximum Gasteiger partial charge on any atom is 0.0547 e. The summed E-state index contributed by atoms with van der Waals surface area (Å²) in [6, 6.07) is 68.3. The van der Waals surface area contributed by atoms with Gasteiger partial charge >= 0.3 is 0 Å². The number of para-hydroxylation sites is 2. The molecule has 66 heavy (non-hydrogen) atoms. The van der Waals surface area contributed by atoms with E-state index in [-0.39, 0.29) is 0 Å². The molecule has 3 atom stereocenters. The van der Waals surface area contributed by atoms with Crippen molar-refractivity contribution in [2.45, 2.75) is 50.9 Å². The van der Waals surface area contributed by atoms with Gasteiger partial charge in [-0.3, -0.25) is 0 Å². The lowest BCUT2D eigenvalue weighted by Gasteiger charge is -2.32. The van der Waals surface area contributed by atoms with Crippen molar-refractivity contribution in [3.8, 4) is 44.8 Å². The predicted octanol–water partition coefficient (Wildman–Crippen LogP) is 17.0. The van der Waals surface area contributed by atoms with Gasteiger partial charge in [-0.2, -0.15) is 0 Å². The van der Waals surface area contributed by atoms with Crippen molar-refractivity contribution < 1.29 is 0 Å². The zero-order valence-corrected chi connectivity index (χ0v) is 37.5. The first-order valence-corrected chi connectivity index (χ1v) is 23.8. The molecule has 0 saturated heterocycles. The molecule has 2 heterocycles. The summed E-state index contributed by atoms with van der Waals surface area (Å²) in [5.74, 6) is 1.10. The molecule has 0 N–H and O–H groups in total. The monoisotopic (exact) mass is 846 g/mol.